The molecule has 0 saturated carbocycles. The van der Waals surface area contributed by atoms with Crippen molar-refractivity contribution in [2.24, 2.45) is 0 Å². The van der Waals surface area contributed by atoms with Crippen molar-refractivity contribution in [2.45, 2.75) is 13.0 Å². The zero-order chi connectivity index (χ0) is 13.8. The molecule has 0 aliphatic carbocycles. The SMILES string of the molecule is CC(Nc1ccc([N+](=O)[O-])c(F)c1)c1ccccn1. The Hall–Kier alpha value is -2.50. The fourth-order valence-corrected chi connectivity index (χ4v) is 1.70. The molecule has 0 aliphatic rings. The van der Waals surface area contributed by atoms with Crippen LogP contribution in [0.25, 0.3) is 0 Å². The van der Waals surface area contributed by atoms with Crippen molar-refractivity contribution in [3.8, 4) is 0 Å². The van der Waals surface area contributed by atoms with E-state index < -0.39 is 16.4 Å². The van der Waals surface area contributed by atoms with Crippen LogP contribution in [0.2, 0.25) is 0 Å². The molecule has 6 heteroatoms. The van der Waals surface area contributed by atoms with E-state index in [1.165, 1.54) is 6.07 Å². The summed E-state index contributed by atoms with van der Waals surface area (Å²) >= 11 is 0. The average molecular weight is 261 g/mol. The lowest BCUT2D eigenvalue weighted by atomic mass is 10.2. The summed E-state index contributed by atoms with van der Waals surface area (Å²) < 4.78 is 13.5. The van der Waals surface area contributed by atoms with Gasteiger partial charge in [-0.3, -0.25) is 15.1 Å². The molecule has 1 N–H and O–H groups in total. The van der Waals surface area contributed by atoms with Crippen molar-refractivity contribution in [3.05, 3.63) is 64.2 Å². The number of benzene rings is 1. The zero-order valence-electron chi connectivity index (χ0n) is 10.2. The number of halogens is 1. The van der Waals surface area contributed by atoms with Crippen molar-refractivity contribution in [2.75, 3.05) is 5.32 Å². The van der Waals surface area contributed by atoms with E-state index in [9.17, 15) is 14.5 Å². The highest BCUT2D eigenvalue weighted by atomic mass is 19.1. The van der Waals surface area contributed by atoms with Crippen LogP contribution in [0.4, 0.5) is 15.8 Å². The number of aromatic nitrogens is 1. The van der Waals surface area contributed by atoms with Crippen LogP contribution in [0.15, 0.2) is 42.6 Å². The van der Waals surface area contributed by atoms with Gasteiger partial charge in [-0.15, -0.1) is 0 Å². The standard InChI is InChI=1S/C13H12FN3O2/c1-9(12-4-2-3-7-15-12)16-10-5-6-13(17(18)19)11(14)8-10/h2-9,16H,1H3. The maximum absolute atomic E-state index is 13.5. The Morgan fingerprint density at radius 1 is 1.37 bits per heavy atom. The Bertz CT molecular complexity index is 590. The molecular weight excluding hydrogens is 249 g/mol. The second kappa shape index (κ2) is 5.43. The molecule has 0 fully saturated rings. The first-order chi connectivity index (χ1) is 9.08. The lowest BCUT2D eigenvalue weighted by molar-refractivity contribution is -0.387. The Balaban J connectivity index is 2.16. The van der Waals surface area contributed by atoms with Gasteiger partial charge in [-0.2, -0.15) is 4.39 Å². The van der Waals surface area contributed by atoms with E-state index in [2.05, 4.69) is 10.3 Å². The number of rotatable bonds is 4. The van der Waals surface area contributed by atoms with Crippen molar-refractivity contribution >= 4 is 11.4 Å². The molecule has 1 aromatic carbocycles. The Labute approximate surface area is 109 Å². The van der Waals surface area contributed by atoms with Gasteiger partial charge in [-0.05, 0) is 25.1 Å². The fraction of sp³-hybridized carbons (Fsp3) is 0.154. The zero-order valence-corrected chi connectivity index (χ0v) is 10.2. The van der Waals surface area contributed by atoms with E-state index in [0.717, 1.165) is 17.8 Å². The summed E-state index contributed by atoms with van der Waals surface area (Å²) in [5.74, 6) is -0.858. The topological polar surface area (TPSA) is 68.1 Å². The highest BCUT2D eigenvalue weighted by molar-refractivity contribution is 5.50. The summed E-state index contributed by atoms with van der Waals surface area (Å²) in [7, 11) is 0. The number of pyridine rings is 1. The van der Waals surface area contributed by atoms with Crippen LogP contribution in [0.5, 0.6) is 0 Å². The minimum atomic E-state index is -0.858. The first-order valence-corrected chi connectivity index (χ1v) is 5.69. The van der Waals surface area contributed by atoms with Gasteiger partial charge in [0.15, 0.2) is 0 Å². The van der Waals surface area contributed by atoms with Gasteiger partial charge in [0, 0.05) is 24.0 Å². The molecule has 0 spiro atoms. The molecule has 0 radical (unpaired) electrons. The quantitative estimate of drug-likeness (QED) is 0.677. The first kappa shape index (κ1) is 12.9. The molecule has 1 unspecified atom stereocenters. The second-order valence-corrected chi connectivity index (χ2v) is 4.04. The van der Waals surface area contributed by atoms with Gasteiger partial charge >= 0.3 is 5.69 Å². The third-order valence-electron chi connectivity index (χ3n) is 2.66. The van der Waals surface area contributed by atoms with Crippen molar-refractivity contribution in [1.29, 1.82) is 0 Å². The van der Waals surface area contributed by atoms with Gasteiger partial charge in [0.1, 0.15) is 0 Å². The molecule has 1 aromatic heterocycles. The molecule has 0 saturated heterocycles. The highest BCUT2D eigenvalue weighted by Crippen LogP contribution is 2.23. The number of nitro groups is 1. The first-order valence-electron chi connectivity index (χ1n) is 5.69. The van der Waals surface area contributed by atoms with Gasteiger partial charge in [0.25, 0.3) is 0 Å². The minimum absolute atomic E-state index is 0.123. The molecule has 0 bridgehead atoms. The van der Waals surface area contributed by atoms with E-state index in [1.54, 1.807) is 6.20 Å². The number of anilines is 1. The van der Waals surface area contributed by atoms with Crippen molar-refractivity contribution < 1.29 is 9.31 Å². The molecule has 2 rings (SSSR count). The van der Waals surface area contributed by atoms with Gasteiger partial charge in [-0.25, -0.2) is 0 Å². The summed E-state index contributed by atoms with van der Waals surface area (Å²) in [6.45, 7) is 1.88. The molecule has 5 nitrogen and oxygen atoms in total. The molecule has 1 atom stereocenters. The average Bonchev–Trinajstić information content (AvgIpc) is 2.39. The number of hydrogen-bond acceptors (Lipinski definition) is 4. The third-order valence-corrected chi connectivity index (χ3v) is 2.66. The largest absolute Gasteiger partial charge is 0.377 e. The number of nitrogens with zero attached hydrogens (tertiary/aromatic N) is 2. The third kappa shape index (κ3) is 3.04. The van der Waals surface area contributed by atoms with E-state index >= 15 is 0 Å². The monoisotopic (exact) mass is 261 g/mol. The summed E-state index contributed by atoms with van der Waals surface area (Å²) in [6, 6.07) is 9.11. The van der Waals surface area contributed by atoms with Crippen LogP contribution >= 0.6 is 0 Å². The summed E-state index contributed by atoms with van der Waals surface area (Å²) in [5.41, 5.74) is 0.749. The van der Waals surface area contributed by atoms with Crippen molar-refractivity contribution in [3.63, 3.8) is 0 Å². The van der Waals surface area contributed by atoms with Gasteiger partial charge in [0.05, 0.1) is 16.7 Å². The van der Waals surface area contributed by atoms with Crippen LogP contribution in [0, 0.1) is 15.9 Å². The van der Waals surface area contributed by atoms with Crippen LogP contribution < -0.4 is 5.32 Å². The van der Waals surface area contributed by atoms with Crippen LogP contribution in [-0.4, -0.2) is 9.91 Å². The summed E-state index contributed by atoms with van der Waals surface area (Å²) in [6.07, 6.45) is 1.67. The van der Waals surface area contributed by atoms with Crippen LogP contribution in [-0.2, 0) is 0 Å². The maximum Gasteiger partial charge on any atom is 0.304 e. The normalized spacial score (nSPS) is 11.9. The molecule has 1 heterocycles. The van der Waals surface area contributed by atoms with E-state index in [1.807, 2.05) is 25.1 Å². The van der Waals surface area contributed by atoms with Gasteiger partial charge in [0.2, 0.25) is 5.82 Å². The lowest BCUT2D eigenvalue weighted by Gasteiger charge is -2.14. The Morgan fingerprint density at radius 3 is 2.74 bits per heavy atom. The second-order valence-electron chi connectivity index (χ2n) is 4.04. The van der Waals surface area contributed by atoms with Crippen molar-refractivity contribution in [1.82, 2.24) is 4.98 Å². The highest BCUT2D eigenvalue weighted by Gasteiger charge is 2.14. The predicted octanol–water partition coefficient (Wildman–Crippen LogP) is 3.30. The molecule has 0 aliphatic heterocycles. The van der Waals surface area contributed by atoms with E-state index in [-0.39, 0.29) is 6.04 Å². The molecule has 0 amide bonds. The van der Waals surface area contributed by atoms with Gasteiger partial charge in [-0.1, -0.05) is 6.07 Å². The van der Waals surface area contributed by atoms with Gasteiger partial charge < -0.3 is 5.32 Å². The Kier molecular flexibility index (Phi) is 3.70. The van der Waals surface area contributed by atoms with Crippen LogP contribution in [0.3, 0.4) is 0 Å². The fourth-order valence-electron chi connectivity index (χ4n) is 1.70. The number of nitro benzene ring substituents is 1. The van der Waals surface area contributed by atoms with E-state index in [4.69, 9.17) is 0 Å². The smallest absolute Gasteiger partial charge is 0.304 e. The molecule has 2 aromatic rings. The maximum atomic E-state index is 13.5. The number of nitrogens with one attached hydrogen (secondary N) is 1. The number of hydrogen-bond donors (Lipinski definition) is 1. The lowest BCUT2D eigenvalue weighted by Crippen LogP contribution is -2.08. The molecule has 98 valence electrons. The summed E-state index contributed by atoms with van der Waals surface area (Å²) in [4.78, 5) is 13.9. The Morgan fingerprint density at radius 2 is 2.16 bits per heavy atom. The van der Waals surface area contributed by atoms with Crippen LogP contribution in [0.1, 0.15) is 18.7 Å². The molecule has 19 heavy (non-hydrogen) atoms. The predicted molar refractivity (Wildman–Crippen MR) is 69.3 cm³/mol. The minimum Gasteiger partial charge on any atom is -0.377 e. The molecular formula is C13H12FN3O2. The summed E-state index contributed by atoms with van der Waals surface area (Å²) in [5, 5.41) is 13.6. The van der Waals surface area contributed by atoms with E-state index in [0.29, 0.717) is 5.69 Å².